The largest absolute Gasteiger partial charge is 0.351 e. The number of nitrogens with one attached hydrogen (secondary N) is 1. The highest BCUT2D eigenvalue weighted by molar-refractivity contribution is 6.30. The zero-order valence-corrected chi connectivity index (χ0v) is 10.2. The lowest BCUT2D eigenvalue weighted by Crippen LogP contribution is -2.54. The Kier molecular flexibility index (Phi) is 2.77. The molecule has 82 valence electrons. The lowest BCUT2D eigenvalue weighted by atomic mass is 9.67. The van der Waals surface area contributed by atoms with Gasteiger partial charge in [0.2, 0.25) is 5.95 Å². The summed E-state index contributed by atoms with van der Waals surface area (Å²) in [6.07, 6.45) is 4.11. The molecule has 1 saturated carbocycles. The van der Waals surface area contributed by atoms with Crippen LogP contribution >= 0.6 is 23.2 Å². The first-order chi connectivity index (χ1) is 7.00. The molecule has 1 fully saturated rings. The van der Waals surface area contributed by atoms with Gasteiger partial charge in [0.05, 0.1) is 17.4 Å². The van der Waals surface area contributed by atoms with Crippen LogP contribution in [0.15, 0.2) is 12.4 Å². The molecule has 2 rings (SSSR count). The molecule has 1 N–H and O–H groups in total. The maximum atomic E-state index is 6.12. The van der Waals surface area contributed by atoms with Crippen LogP contribution in [-0.2, 0) is 0 Å². The second-order valence-corrected chi connectivity index (χ2v) is 5.41. The van der Waals surface area contributed by atoms with Crippen molar-refractivity contribution in [1.82, 2.24) is 9.97 Å². The molecule has 0 aromatic carbocycles. The fourth-order valence-corrected chi connectivity index (χ4v) is 2.09. The van der Waals surface area contributed by atoms with Crippen LogP contribution in [-0.4, -0.2) is 21.4 Å². The van der Waals surface area contributed by atoms with E-state index in [-0.39, 0.29) is 10.8 Å². The fourth-order valence-electron chi connectivity index (χ4n) is 1.66. The van der Waals surface area contributed by atoms with Crippen LogP contribution in [0, 0.1) is 5.41 Å². The molecule has 1 aliphatic rings. The average molecular weight is 246 g/mol. The zero-order chi connectivity index (χ0) is 11.1. The summed E-state index contributed by atoms with van der Waals surface area (Å²) >= 11 is 11.8. The third-order valence-electron chi connectivity index (χ3n) is 3.07. The molecule has 2 unspecified atom stereocenters. The molecule has 3 nitrogen and oxygen atoms in total. The highest BCUT2D eigenvalue weighted by Gasteiger charge is 2.47. The van der Waals surface area contributed by atoms with Gasteiger partial charge in [-0.05, 0) is 6.42 Å². The summed E-state index contributed by atoms with van der Waals surface area (Å²) in [6, 6.07) is 0.334. The first-order valence-corrected chi connectivity index (χ1v) is 5.70. The number of nitrogens with zero attached hydrogens (tertiary/aromatic N) is 2. The van der Waals surface area contributed by atoms with Crippen LogP contribution in [0.4, 0.5) is 5.95 Å². The van der Waals surface area contributed by atoms with Crippen molar-refractivity contribution in [2.24, 2.45) is 5.41 Å². The Morgan fingerprint density at radius 3 is 2.47 bits per heavy atom. The summed E-state index contributed by atoms with van der Waals surface area (Å²) in [5.41, 5.74) is 0.0878. The Labute approximate surface area is 99.2 Å². The molecule has 0 saturated heterocycles. The molecule has 0 amide bonds. The molecule has 0 radical (unpaired) electrons. The number of aromatic nitrogens is 2. The lowest BCUT2D eigenvalue weighted by molar-refractivity contribution is 0.167. The van der Waals surface area contributed by atoms with E-state index in [9.17, 15) is 0 Å². The SMILES string of the molecule is CC1(C)C(Cl)CC1Nc1ncc(Cl)cn1. The van der Waals surface area contributed by atoms with Crippen molar-refractivity contribution in [2.75, 3.05) is 5.32 Å². The second-order valence-electron chi connectivity index (χ2n) is 4.45. The highest BCUT2D eigenvalue weighted by atomic mass is 35.5. The van der Waals surface area contributed by atoms with Gasteiger partial charge < -0.3 is 5.32 Å². The molecule has 15 heavy (non-hydrogen) atoms. The van der Waals surface area contributed by atoms with Gasteiger partial charge >= 0.3 is 0 Å². The molecule has 0 aliphatic heterocycles. The minimum Gasteiger partial charge on any atom is -0.351 e. The Bertz CT molecular complexity index is 350. The van der Waals surface area contributed by atoms with Crippen LogP contribution in [0.5, 0.6) is 0 Å². The molecule has 1 heterocycles. The van der Waals surface area contributed by atoms with E-state index in [1.54, 1.807) is 12.4 Å². The van der Waals surface area contributed by atoms with Crippen LogP contribution in [0.3, 0.4) is 0 Å². The summed E-state index contributed by atoms with van der Waals surface area (Å²) in [5.74, 6) is 0.612. The first kappa shape index (κ1) is 11.0. The van der Waals surface area contributed by atoms with E-state index in [0.717, 1.165) is 6.42 Å². The first-order valence-electron chi connectivity index (χ1n) is 4.88. The van der Waals surface area contributed by atoms with Gasteiger partial charge in [0.25, 0.3) is 0 Å². The minimum absolute atomic E-state index is 0.0878. The van der Waals surface area contributed by atoms with E-state index in [1.807, 2.05) is 0 Å². The standard InChI is InChI=1S/C10H13Cl2N3/c1-10(2)7(12)3-8(10)15-9-13-4-6(11)5-14-9/h4-5,7-8H,3H2,1-2H3,(H,13,14,15). The van der Waals surface area contributed by atoms with Crippen molar-refractivity contribution in [3.63, 3.8) is 0 Å². The van der Waals surface area contributed by atoms with Crippen molar-refractivity contribution in [3.8, 4) is 0 Å². The lowest BCUT2D eigenvalue weighted by Gasteiger charge is -2.49. The van der Waals surface area contributed by atoms with Gasteiger partial charge in [-0.15, -0.1) is 11.6 Å². The van der Waals surface area contributed by atoms with Crippen molar-refractivity contribution in [1.29, 1.82) is 0 Å². The van der Waals surface area contributed by atoms with Crippen molar-refractivity contribution in [3.05, 3.63) is 17.4 Å². The van der Waals surface area contributed by atoms with E-state index in [4.69, 9.17) is 23.2 Å². The smallest absolute Gasteiger partial charge is 0.222 e. The quantitative estimate of drug-likeness (QED) is 0.815. The predicted octanol–water partition coefficient (Wildman–Crippen LogP) is 2.95. The van der Waals surface area contributed by atoms with Crippen molar-refractivity contribution >= 4 is 29.2 Å². The number of halogens is 2. The zero-order valence-electron chi connectivity index (χ0n) is 8.67. The molecule has 1 aromatic rings. The molecule has 5 heteroatoms. The van der Waals surface area contributed by atoms with E-state index >= 15 is 0 Å². The summed E-state index contributed by atoms with van der Waals surface area (Å²) in [7, 11) is 0. The molecule has 2 atom stereocenters. The van der Waals surface area contributed by atoms with Crippen LogP contribution in [0.1, 0.15) is 20.3 Å². The van der Waals surface area contributed by atoms with Gasteiger partial charge in [-0.2, -0.15) is 0 Å². The average Bonchev–Trinajstić information content (AvgIpc) is 2.21. The highest BCUT2D eigenvalue weighted by Crippen LogP contribution is 2.45. The third-order valence-corrected chi connectivity index (χ3v) is 4.01. The predicted molar refractivity (Wildman–Crippen MR) is 62.5 cm³/mol. The molecular formula is C10H13Cl2N3. The van der Waals surface area contributed by atoms with E-state index in [2.05, 4.69) is 29.1 Å². The fraction of sp³-hybridized carbons (Fsp3) is 0.600. The number of rotatable bonds is 2. The van der Waals surface area contributed by atoms with Gasteiger partial charge in [-0.1, -0.05) is 25.4 Å². The topological polar surface area (TPSA) is 37.8 Å². The molecule has 1 aliphatic carbocycles. The van der Waals surface area contributed by atoms with Gasteiger partial charge in [0.15, 0.2) is 0 Å². The van der Waals surface area contributed by atoms with Crippen LogP contribution in [0.25, 0.3) is 0 Å². The van der Waals surface area contributed by atoms with Gasteiger partial charge in [0.1, 0.15) is 0 Å². The summed E-state index contributed by atoms with van der Waals surface area (Å²) in [6.45, 7) is 4.28. The van der Waals surface area contributed by atoms with Gasteiger partial charge in [-0.3, -0.25) is 0 Å². The normalized spacial score (nSPS) is 28.3. The Hall–Kier alpha value is -0.540. The maximum absolute atomic E-state index is 6.12. The Balaban J connectivity index is 2.02. The Morgan fingerprint density at radius 1 is 1.40 bits per heavy atom. The van der Waals surface area contributed by atoms with Crippen molar-refractivity contribution in [2.45, 2.75) is 31.7 Å². The molecular weight excluding hydrogens is 233 g/mol. The van der Waals surface area contributed by atoms with E-state index in [1.165, 1.54) is 0 Å². The third kappa shape index (κ3) is 2.04. The van der Waals surface area contributed by atoms with Crippen molar-refractivity contribution < 1.29 is 0 Å². The van der Waals surface area contributed by atoms with Gasteiger partial charge in [-0.25, -0.2) is 9.97 Å². The molecule has 0 spiro atoms. The number of hydrogen-bond acceptors (Lipinski definition) is 3. The number of anilines is 1. The summed E-state index contributed by atoms with van der Waals surface area (Å²) < 4.78 is 0. The van der Waals surface area contributed by atoms with Gasteiger partial charge in [0, 0.05) is 16.8 Å². The number of hydrogen-bond donors (Lipinski definition) is 1. The maximum Gasteiger partial charge on any atom is 0.222 e. The molecule has 0 bridgehead atoms. The second kappa shape index (κ2) is 3.80. The van der Waals surface area contributed by atoms with E-state index in [0.29, 0.717) is 17.0 Å². The van der Waals surface area contributed by atoms with E-state index < -0.39 is 0 Å². The molecule has 1 aromatic heterocycles. The summed E-state index contributed by atoms with van der Waals surface area (Å²) in [4.78, 5) is 8.19. The monoisotopic (exact) mass is 245 g/mol. The number of alkyl halides is 1. The Morgan fingerprint density at radius 2 is 2.00 bits per heavy atom. The van der Waals surface area contributed by atoms with Crippen LogP contribution in [0.2, 0.25) is 5.02 Å². The minimum atomic E-state index is 0.0878. The summed E-state index contributed by atoms with van der Waals surface area (Å²) in [5, 5.41) is 4.03. The van der Waals surface area contributed by atoms with Crippen LogP contribution < -0.4 is 5.32 Å².